The highest BCUT2D eigenvalue weighted by Crippen LogP contribution is 2.25. The molecule has 0 aliphatic rings. The van der Waals surface area contributed by atoms with Crippen LogP contribution in [-0.4, -0.2) is 7.05 Å². The van der Waals surface area contributed by atoms with Crippen LogP contribution in [0.4, 0.5) is 0 Å². The summed E-state index contributed by atoms with van der Waals surface area (Å²) in [6.45, 7) is 1.48. The third-order valence-electron chi connectivity index (χ3n) is 3.55. The number of ether oxygens (including phenoxy) is 1. The van der Waals surface area contributed by atoms with Crippen molar-refractivity contribution in [3.63, 3.8) is 0 Å². The van der Waals surface area contributed by atoms with Crippen molar-refractivity contribution >= 4 is 10.8 Å². The van der Waals surface area contributed by atoms with Gasteiger partial charge in [0, 0.05) is 11.9 Å². The van der Waals surface area contributed by atoms with Crippen molar-refractivity contribution in [2.45, 2.75) is 13.2 Å². The zero-order valence-corrected chi connectivity index (χ0v) is 12.2. The number of nitrogens with one attached hydrogen (secondary N) is 1. The van der Waals surface area contributed by atoms with Crippen molar-refractivity contribution < 1.29 is 4.74 Å². The molecule has 0 saturated carbocycles. The van der Waals surface area contributed by atoms with Crippen molar-refractivity contribution in [2.75, 3.05) is 7.05 Å². The zero-order chi connectivity index (χ0) is 14.5. The summed E-state index contributed by atoms with van der Waals surface area (Å²) < 4.78 is 5.99. The Morgan fingerprint density at radius 3 is 2.33 bits per heavy atom. The molecule has 0 aliphatic carbocycles. The molecule has 1 N–H and O–H groups in total. The fourth-order valence-electron chi connectivity index (χ4n) is 2.44. The Morgan fingerprint density at radius 2 is 1.52 bits per heavy atom. The van der Waals surface area contributed by atoms with E-state index in [0.29, 0.717) is 6.61 Å². The highest BCUT2D eigenvalue weighted by atomic mass is 16.5. The number of rotatable bonds is 5. The summed E-state index contributed by atoms with van der Waals surface area (Å²) in [5.41, 5.74) is 2.47. The largest absolute Gasteiger partial charge is 0.488 e. The Kier molecular flexibility index (Phi) is 4.17. The van der Waals surface area contributed by atoms with Gasteiger partial charge >= 0.3 is 0 Å². The van der Waals surface area contributed by atoms with Crippen LogP contribution in [0.5, 0.6) is 5.75 Å². The Hall–Kier alpha value is -2.32. The molecule has 0 spiro atoms. The lowest BCUT2D eigenvalue weighted by molar-refractivity contribution is 0.310. The molecule has 0 fully saturated rings. The predicted octanol–water partition coefficient (Wildman–Crippen LogP) is 4.14. The van der Waals surface area contributed by atoms with E-state index >= 15 is 0 Å². The third-order valence-corrected chi connectivity index (χ3v) is 3.55. The van der Waals surface area contributed by atoms with Crippen molar-refractivity contribution in [1.29, 1.82) is 0 Å². The maximum Gasteiger partial charge on any atom is 0.127 e. The molecule has 3 aromatic rings. The quantitative estimate of drug-likeness (QED) is 0.757. The molecule has 0 aromatic heterocycles. The second-order valence-electron chi connectivity index (χ2n) is 5.11. The monoisotopic (exact) mass is 277 g/mol. The van der Waals surface area contributed by atoms with E-state index in [0.717, 1.165) is 17.7 Å². The summed E-state index contributed by atoms with van der Waals surface area (Å²) in [5, 5.41) is 5.52. The molecule has 0 aliphatic heterocycles. The van der Waals surface area contributed by atoms with Gasteiger partial charge in [-0.1, -0.05) is 60.7 Å². The molecule has 0 atom stereocenters. The Bertz CT molecular complexity index is 714. The highest BCUT2D eigenvalue weighted by molar-refractivity contribution is 5.88. The van der Waals surface area contributed by atoms with Gasteiger partial charge < -0.3 is 10.1 Å². The second-order valence-corrected chi connectivity index (χ2v) is 5.11. The lowest BCUT2D eigenvalue weighted by Gasteiger charge is -2.10. The van der Waals surface area contributed by atoms with Crippen LogP contribution in [0.1, 0.15) is 11.1 Å². The Balaban J connectivity index is 1.74. The van der Waals surface area contributed by atoms with Crippen molar-refractivity contribution in [3.8, 4) is 5.75 Å². The Labute approximate surface area is 125 Å². The zero-order valence-electron chi connectivity index (χ0n) is 12.2. The fraction of sp³-hybridized carbons (Fsp3) is 0.158. The van der Waals surface area contributed by atoms with E-state index in [1.54, 1.807) is 0 Å². The highest BCUT2D eigenvalue weighted by Gasteiger charge is 2.02. The van der Waals surface area contributed by atoms with E-state index in [1.165, 1.54) is 16.5 Å². The minimum Gasteiger partial charge on any atom is -0.488 e. The maximum atomic E-state index is 5.99. The van der Waals surface area contributed by atoms with Gasteiger partial charge in [0.2, 0.25) is 0 Å². The van der Waals surface area contributed by atoms with Gasteiger partial charge in [0.15, 0.2) is 0 Å². The van der Waals surface area contributed by atoms with Crippen molar-refractivity contribution in [2.24, 2.45) is 0 Å². The molecule has 0 bridgehead atoms. The molecular formula is C19H19NO. The van der Waals surface area contributed by atoms with E-state index in [9.17, 15) is 0 Å². The Morgan fingerprint density at radius 1 is 0.810 bits per heavy atom. The minimum atomic E-state index is 0.591. The lowest BCUT2D eigenvalue weighted by atomic mass is 10.1. The summed E-state index contributed by atoms with van der Waals surface area (Å²) >= 11 is 0. The number of fused-ring (bicyclic) bond motifs is 1. The minimum absolute atomic E-state index is 0.591. The molecule has 106 valence electrons. The average molecular weight is 277 g/mol. The van der Waals surface area contributed by atoms with E-state index in [1.807, 2.05) is 31.3 Å². The first-order valence-electron chi connectivity index (χ1n) is 7.20. The van der Waals surface area contributed by atoms with Gasteiger partial charge in [-0.15, -0.1) is 0 Å². The molecule has 2 nitrogen and oxygen atoms in total. The molecule has 0 heterocycles. The molecule has 0 saturated heterocycles. The SMILES string of the molecule is CNCc1ccc(COc2cccc3ccccc23)cc1. The topological polar surface area (TPSA) is 21.3 Å². The van der Waals surface area contributed by atoms with E-state index in [2.05, 4.69) is 47.8 Å². The summed E-state index contributed by atoms with van der Waals surface area (Å²) in [5.74, 6) is 0.937. The second kappa shape index (κ2) is 6.42. The predicted molar refractivity (Wildman–Crippen MR) is 87.5 cm³/mol. The van der Waals surface area contributed by atoms with Gasteiger partial charge in [0.1, 0.15) is 12.4 Å². The molecule has 0 unspecified atom stereocenters. The number of hydrogen-bond donors (Lipinski definition) is 1. The van der Waals surface area contributed by atoms with E-state index in [4.69, 9.17) is 4.74 Å². The van der Waals surface area contributed by atoms with E-state index < -0.39 is 0 Å². The first-order valence-corrected chi connectivity index (χ1v) is 7.20. The number of hydrogen-bond acceptors (Lipinski definition) is 2. The smallest absolute Gasteiger partial charge is 0.127 e. The number of benzene rings is 3. The van der Waals surface area contributed by atoms with Crippen molar-refractivity contribution in [3.05, 3.63) is 77.9 Å². The van der Waals surface area contributed by atoms with Gasteiger partial charge in [-0.2, -0.15) is 0 Å². The lowest BCUT2D eigenvalue weighted by Crippen LogP contribution is -2.05. The summed E-state index contributed by atoms with van der Waals surface area (Å²) in [4.78, 5) is 0. The van der Waals surface area contributed by atoms with Crippen LogP contribution in [0.2, 0.25) is 0 Å². The molecule has 2 heteroatoms. The normalized spacial score (nSPS) is 10.7. The van der Waals surface area contributed by atoms with Gasteiger partial charge in [-0.05, 0) is 29.6 Å². The van der Waals surface area contributed by atoms with Crippen LogP contribution >= 0.6 is 0 Å². The van der Waals surface area contributed by atoms with Crippen LogP contribution < -0.4 is 10.1 Å². The first-order chi connectivity index (χ1) is 10.4. The standard InChI is InChI=1S/C19H19NO/c1-20-13-15-9-11-16(12-10-15)14-21-19-8-4-6-17-5-2-3-7-18(17)19/h2-12,20H,13-14H2,1H3. The fourth-order valence-corrected chi connectivity index (χ4v) is 2.44. The van der Waals surface area contributed by atoms with Crippen LogP contribution in [0.25, 0.3) is 10.8 Å². The molecule has 0 radical (unpaired) electrons. The van der Waals surface area contributed by atoms with Crippen molar-refractivity contribution in [1.82, 2.24) is 5.32 Å². The van der Waals surface area contributed by atoms with Gasteiger partial charge in [0.25, 0.3) is 0 Å². The molecule has 3 rings (SSSR count). The van der Waals surface area contributed by atoms with E-state index in [-0.39, 0.29) is 0 Å². The van der Waals surface area contributed by atoms with Crippen LogP contribution in [0.15, 0.2) is 66.7 Å². The molecule has 0 amide bonds. The summed E-state index contributed by atoms with van der Waals surface area (Å²) in [6, 6.07) is 23.0. The average Bonchev–Trinajstić information content (AvgIpc) is 2.54. The third kappa shape index (κ3) is 3.23. The van der Waals surface area contributed by atoms with Crippen LogP contribution in [-0.2, 0) is 13.2 Å². The molecule has 3 aromatic carbocycles. The van der Waals surface area contributed by atoms with Gasteiger partial charge in [-0.3, -0.25) is 0 Å². The van der Waals surface area contributed by atoms with Gasteiger partial charge in [0.05, 0.1) is 0 Å². The molecule has 21 heavy (non-hydrogen) atoms. The summed E-state index contributed by atoms with van der Waals surface area (Å²) in [7, 11) is 1.96. The first kappa shape index (κ1) is 13.7. The summed E-state index contributed by atoms with van der Waals surface area (Å²) in [6.07, 6.45) is 0. The maximum absolute atomic E-state index is 5.99. The molecular weight excluding hydrogens is 258 g/mol. The van der Waals surface area contributed by atoms with Crippen LogP contribution in [0.3, 0.4) is 0 Å². The van der Waals surface area contributed by atoms with Crippen LogP contribution in [0, 0.1) is 0 Å². The van der Waals surface area contributed by atoms with Gasteiger partial charge in [-0.25, -0.2) is 0 Å².